The van der Waals surface area contributed by atoms with E-state index in [9.17, 15) is 4.79 Å². The molecule has 0 aliphatic carbocycles. The van der Waals surface area contributed by atoms with E-state index in [4.69, 9.17) is 4.74 Å². The lowest BCUT2D eigenvalue weighted by Gasteiger charge is -2.14. The van der Waals surface area contributed by atoms with Crippen LogP contribution in [0.15, 0.2) is 17.6 Å². The number of urea groups is 1. The first-order valence-corrected chi connectivity index (χ1v) is 9.06. The molecule has 0 radical (unpaired) electrons. The molecule has 2 atom stereocenters. The van der Waals surface area contributed by atoms with Gasteiger partial charge in [0.2, 0.25) is 0 Å². The number of thiazole rings is 1. The predicted octanol–water partition coefficient (Wildman–Crippen LogP) is 2.61. The van der Waals surface area contributed by atoms with Crippen LogP contribution in [0, 0.1) is 12.8 Å². The molecule has 130 valence electrons. The van der Waals surface area contributed by atoms with Crippen molar-refractivity contribution in [1.82, 2.24) is 20.1 Å². The Morgan fingerprint density at radius 2 is 2.46 bits per heavy atom. The number of ether oxygens (including phenoxy) is 1. The van der Waals surface area contributed by atoms with Crippen LogP contribution in [0.1, 0.15) is 30.0 Å². The monoisotopic (exact) mass is 349 g/mol. The van der Waals surface area contributed by atoms with Crippen LogP contribution in [-0.2, 0) is 11.3 Å². The first kappa shape index (κ1) is 16.9. The van der Waals surface area contributed by atoms with E-state index >= 15 is 0 Å². The highest BCUT2D eigenvalue weighted by Crippen LogP contribution is 2.19. The molecule has 0 saturated carbocycles. The number of amides is 2. The summed E-state index contributed by atoms with van der Waals surface area (Å²) < 4.78 is 7.22. The number of anilines is 1. The molecule has 3 rings (SSSR count). The highest BCUT2D eigenvalue weighted by Gasteiger charge is 2.18. The van der Waals surface area contributed by atoms with E-state index in [0.29, 0.717) is 18.3 Å². The molecule has 2 aromatic rings. The molecular formula is C16H23N5O2S. The summed E-state index contributed by atoms with van der Waals surface area (Å²) in [5.41, 5.74) is 1.02. The van der Waals surface area contributed by atoms with E-state index < -0.39 is 0 Å². The van der Waals surface area contributed by atoms with Gasteiger partial charge in [-0.05, 0) is 13.3 Å². The molecule has 2 amide bonds. The van der Waals surface area contributed by atoms with Gasteiger partial charge >= 0.3 is 6.03 Å². The third-order valence-corrected chi connectivity index (χ3v) is 5.23. The van der Waals surface area contributed by atoms with Crippen molar-refractivity contribution in [2.45, 2.75) is 32.7 Å². The minimum absolute atomic E-state index is 0.190. The molecule has 7 nitrogen and oxygen atoms in total. The van der Waals surface area contributed by atoms with Crippen LogP contribution in [-0.4, -0.2) is 40.6 Å². The van der Waals surface area contributed by atoms with Crippen LogP contribution in [0.2, 0.25) is 0 Å². The van der Waals surface area contributed by atoms with Crippen molar-refractivity contribution in [2.24, 2.45) is 5.92 Å². The Bertz CT molecular complexity index is 678. The van der Waals surface area contributed by atoms with Crippen LogP contribution in [0.4, 0.5) is 10.6 Å². The predicted molar refractivity (Wildman–Crippen MR) is 93.4 cm³/mol. The second kappa shape index (κ2) is 7.76. The van der Waals surface area contributed by atoms with Crippen LogP contribution in [0.3, 0.4) is 0 Å². The zero-order valence-corrected chi connectivity index (χ0v) is 14.8. The highest BCUT2D eigenvalue weighted by molar-refractivity contribution is 7.09. The number of aryl methyl sites for hydroxylation is 1. The summed E-state index contributed by atoms with van der Waals surface area (Å²) in [4.78, 5) is 16.6. The van der Waals surface area contributed by atoms with E-state index in [0.717, 1.165) is 36.9 Å². The van der Waals surface area contributed by atoms with Gasteiger partial charge in [0.15, 0.2) is 0 Å². The molecule has 24 heavy (non-hydrogen) atoms. The average Bonchev–Trinajstić information content (AvgIpc) is 3.29. The fourth-order valence-corrected chi connectivity index (χ4v) is 3.50. The zero-order valence-electron chi connectivity index (χ0n) is 14.0. The minimum atomic E-state index is -0.223. The largest absolute Gasteiger partial charge is 0.381 e. The van der Waals surface area contributed by atoms with Crippen molar-refractivity contribution >= 4 is 23.2 Å². The second-order valence-corrected chi connectivity index (χ2v) is 7.08. The number of hydrogen-bond acceptors (Lipinski definition) is 5. The van der Waals surface area contributed by atoms with Gasteiger partial charge in [0, 0.05) is 48.7 Å². The normalized spacial score (nSPS) is 18.5. The maximum atomic E-state index is 12.1. The SMILES string of the molecule is Cc1csc([C@H](C)CNC(=O)Nc2ccnn2C[C@@H]2CCOC2)n1. The fourth-order valence-electron chi connectivity index (χ4n) is 2.65. The van der Waals surface area contributed by atoms with Gasteiger partial charge in [-0.1, -0.05) is 6.92 Å². The summed E-state index contributed by atoms with van der Waals surface area (Å²) in [6.07, 6.45) is 2.74. The molecule has 1 aliphatic rings. The van der Waals surface area contributed by atoms with E-state index in [1.165, 1.54) is 0 Å². The van der Waals surface area contributed by atoms with Gasteiger partial charge < -0.3 is 10.1 Å². The van der Waals surface area contributed by atoms with Gasteiger partial charge in [-0.25, -0.2) is 14.5 Å². The summed E-state index contributed by atoms with van der Waals surface area (Å²) in [5.74, 6) is 1.36. The Balaban J connectivity index is 1.49. The van der Waals surface area contributed by atoms with E-state index in [2.05, 4.69) is 27.6 Å². The van der Waals surface area contributed by atoms with Gasteiger partial charge in [0.1, 0.15) is 5.82 Å². The number of hydrogen-bond donors (Lipinski definition) is 2. The van der Waals surface area contributed by atoms with Crippen LogP contribution >= 0.6 is 11.3 Å². The topological polar surface area (TPSA) is 81.1 Å². The summed E-state index contributed by atoms with van der Waals surface area (Å²) in [5, 5.41) is 13.1. The smallest absolute Gasteiger partial charge is 0.320 e. The molecule has 0 unspecified atom stereocenters. The third kappa shape index (κ3) is 4.33. The zero-order chi connectivity index (χ0) is 16.9. The van der Waals surface area contributed by atoms with Gasteiger partial charge in [-0.3, -0.25) is 5.32 Å². The number of aromatic nitrogens is 3. The van der Waals surface area contributed by atoms with Crippen molar-refractivity contribution in [3.8, 4) is 0 Å². The Kier molecular flexibility index (Phi) is 5.47. The van der Waals surface area contributed by atoms with Crippen molar-refractivity contribution in [2.75, 3.05) is 25.1 Å². The number of rotatable bonds is 6. The number of nitrogens with zero attached hydrogens (tertiary/aromatic N) is 3. The quantitative estimate of drug-likeness (QED) is 0.840. The highest BCUT2D eigenvalue weighted by atomic mass is 32.1. The van der Waals surface area contributed by atoms with Crippen molar-refractivity contribution < 1.29 is 9.53 Å². The third-order valence-electron chi connectivity index (χ3n) is 4.04. The number of carbonyl (C=O) groups is 1. The molecule has 3 heterocycles. The fraction of sp³-hybridized carbons (Fsp3) is 0.562. The molecule has 8 heteroatoms. The average molecular weight is 349 g/mol. The Morgan fingerprint density at radius 1 is 1.58 bits per heavy atom. The first-order chi connectivity index (χ1) is 11.6. The molecule has 0 aromatic carbocycles. The van der Waals surface area contributed by atoms with Gasteiger partial charge in [0.25, 0.3) is 0 Å². The maximum Gasteiger partial charge on any atom is 0.320 e. The maximum absolute atomic E-state index is 12.1. The van der Waals surface area contributed by atoms with Crippen molar-refractivity contribution in [3.63, 3.8) is 0 Å². The van der Waals surface area contributed by atoms with Gasteiger partial charge in [-0.15, -0.1) is 11.3 Å². The molecule has 1 saturated heterocycles. The van der Waals surface area contributed by atoms with Gasteiger partial charge in [0.05, 0.1) is 17.8 Å². The summed E-state index contributed by atoms with van der Waals surface area (Å²) >= 11 is 1.63. The van der Waals surface area contributed by atoms with Crippen LogP contribution < -0.4 is 10.6 Å². The van der Waals surface area contributed by atoms with Crippen molar-refractivity contribution in [1.29, 1.82) is 0 Å². The first-order valence-electron chi connectivity index (χ1n) is 8.18. The van der Waals surface area contributed by atoms with E-state index in [1.54, 1.807) is 17.5 Å². The molecular weight excluding hydrogens is 326 g/mol. The lowest BCUT2D eigenvalue weighted by atomic mass is 10.1. The van der Waals surface area contributed by atoms with Crippen LogP contribution in [0.25, 0.3) is 0 Å². The van der Waals surface area contributed by atoms with E-state index in [1.807, 2.05) is 23.1 Å². The molecule has 1 aliphatic heterocycles. The summed E-state index contributed by atoms with van der Waals surface area (Å²) in [7, 11) is 0. The summed E-state index contributed by atoms with van der Waals surface area (Å²) in [6, 6.07) is 1.59. The molecule has 0 bridgehead atoms. The second-order valence-electron chi connectivity index (χ2n) is 6.19. The molecule has 1 fully saturated rings. The van der Waals surface area contributed by atoms with Crippen LogP contribution in [0.5, 0.6) is 0 Å². The van der Waals surface area contributed by atoms with Crippen molar-refractivity contribution in [3.05, 3.63) is 28.3 Å². The lowest BCUT2D eigenvalue weighted by molar-refractivity contribution is 0.181. The minimum Gasteiger partial charge on any atom is -0.381 e. The summed E-state index contributed by atoms with van der Waals surface area (Å²) in [6.45, 7) is 6.91. The Hall–Kier alpha value is -1.93. The Labute approximate surface area is 145 Å². The number of carbonyl (C=O) groups excluding carboxylic acids is 1. The van der Waals surface area contributed by atoms with E-state index in [-0.39, 0.29) is 11.9 Å². The Morgan fingerprint density at radius 3 is 3.17 bits per heavy atom. The number of nitrogens with one attached hydrogen (secondary N) is 2. The standard InChI is InChI=1S/C16H23N5O2S/c1-11(15-19-12(2)10-24-15)7-17-16(22)20-14-3-5-18-21(14)8-13-4-6-23-9-13/h3,5,10-11,13H,4,6-9H2,1-2H3,(H2,17,20,22)/t11-,13+/m1/s1. The molecule has 0 spiro atoms. The molecule has 2 aromatic heterocycles. The molecule has 2 N–H and O–H groups in total. The lowest BCUT2D eigenvalue weighted by Crippen LogP contribution is -2.32. The van der Waals surface area contributed by atoms with Gasteiger partial charge in [-0.2, -0.15) is 5.10 Å².